The first-order valence-electron chi connectivity index (χ1n) is 9.22. The van der Waals surface area contributed by atoms with Gasteiger partial charge in [0.2, 0.25) is 5.91 Å². The van der Waals surface area contributed by atoms with Crippen LogP contribution in [0.5, 0.6) is 0 Å². The molecule has 0 saturated carbocycles. The standard InChI is InChI=1S/C21H26N2O3S/c1-15-6-8-16(9-7-15)20(23-21(24)17-10-12-22-13-11-17)18-4-3-5-19(14-18)27(2,25)26/h3-9,14,17,20,22H,10-13H2,1-2H3,(H,23,24). The smallest absolute Gasteiger partial charge is 0.223 e. The first-order chi connectivity index (χ1) is 12.8. The van der Waals surface area contributed by atoms with Gasteiger partial charge in [-0.2, -0.15) is 0 Å². The molecule has 2 N–H and O–H groups in total. The molecule has 1 amide bonds. The number of hydrogen-bond donors (Lipinski definition) is 2. The predicted molar refractivity (Wildman–Crippen MR) is 106 cm³/mol. The summed E-state index contributed by atoms with van der Waals surface area (Å²) >= 11 is 0. The molecule has 0 bridgehead atoms. The van der Waals surface area contributed by atoms with Crippen LogP contribution in [-0.2, 0) is 14.6 Å². The van der Waals surface area contributed by atoms with Gasteiger partial charge in [-0.3, -0.25) is 4.79 Å². The van der Waals surface area contributed by atoms with Crippen LogP contribution in [0.4, 0.5) is 0 Å². The van der Waals surface area contributed by atoms with Gasteiger partial charge in [0.25, 0.3) is 0 Å². The highest BCUT2D eigenvalue weighted by Gasteiger charge is 2.25. The Morgan fingerprint density at radius 3 is 2.37 bits per heavy atom. The van der Waals surface area contributed by atoms with Gasteiger partial charge in [0.1, 0.15) is 0 Å². The molecule has 0 aliphatic carbocycles. The van der Waals surface area contributed by atoms with Crippen LogP contribution in [0.25, 0.3) is 0 Å². The Morgan fingerprint density at radius 1 is 1.07 bits per heavy atom. The van der Waals surface area contributed by atoms with Crippen molar-refractivity contribution in [3.63, 3.8) is 0 Å². The van der Waals surface area contributed by atoms with Gasteiger partial charge in [0.15, 0.2) is 9.84 Å². The molecule has 0 aromatic heterocycles. The number of amides is 1. The monoisotopic (exact) mass is 386 g/mol. The van der Waals surface area contributed by atoms with Crippen LogP contribution in [-0.4, -0.2) is 33.7 Å². The molecule has 1 fully saturated rings. The van der Waals surface area contributed by atoms with Gasteiger partial charge in [0, 0.05) is 12.2 Å². The van der Waals surface area contributed by atoms with Crippen LogP contribution < -0.4 is 10.6 Å². The van der Waals surface area contributed by atoms with Crippen LogP contribution >= 0.6 is 0 Å². The minimum Gasteiger partial charge on any atom is -0.345 e. The maximum atomic E-state index is 12.8. The zero-order chi connectivity index (χ0) is 19.4. The summed E-state index contributed by atoms with van der Waals surface area (Å²) in [6, 6.07) is 14.4. The molecule has 5 nitrogen and oxygen atoms in total. The quantitative estimate of drug-likeness (QED) is 0.828. The van der Waals surface area contributed by atoms with Crippen molar-refractivity contribution in [3.05, 3.63) is 65.2 Å². The van der Waals surface area contributed by atoms with E-state index < -0.39 is 9.84 Å². The highest BCUT2D eigenvalue weighted by atomic mass is 32.2. The number of nitrogens with one attached hydrogen (secondary N) is 2. The third kappa shape index (κ3) is 4.96. The first kappa shape index (κ1) is 19.6. The molecule has 144 valence electrons. The van der Waals surface area contributed by atoms with E-state index in [4.69, 9.17) is 0 Å². The summed E-state index contributed by atoms with van der Waals surface area (Å²) in [6.45, 7) is 3.70. The normalized spacial score (nSPS) is 16.7. The van der Waals surface area contributed by atoms with Gasteiger partial charge in [-0.15, -0.1) is 0 Å². The zero-order valence-electron chi connectivity index (χ0n) is 15.7. The molecule has 1 aliphatic rings. The number of rotatable bonds is 5. The van der Waals surface area contributed by atoms with Crippen LogP contribution in [0.1, 0.15) is 35.6 Å². The number of aryl methyl sites for hydroxylation is 1. The molecule has 0 spiro atoms. The number of benzene rings is 2. The van der Waals surface area contributed by atoms with E-state index in [1.807, 2.05) is 37.3 Å². The fourth-order valence-corrected chi connectivity index (χ4v) is 4.06. The van der Waals surface area contributed by atoms with Crippen molar-refractivity contribution in [3.8, 4) is 0 Å². The maximum Gasteiger partial charge on any atom is 0.223 e. The second-order valence-corrected chi connectivity index (χ2v) is 9.24. The number of sulfone groups is 1. The van der Waals surface area contributed by atoms with E-state index in [2.05, 4.69) is 10.6 Å². The Morgan fingerprint density at radius 2 is 1.74 bits per heavy atom. The predicted octanol–water partition coefficient (Wildman–Crippen LogP) is 2.60. The first-order valence-corrected chi connectivity index (χ1v) is 11.1. The van der Waals surface area contributed by atoms with Crippen molar-refractivity contribution in [1.29, 1.82) is 0 Å². The number of piperidine rings is 1. The second-order valence-electron chi connectivity index (χ2n) is 7.22. The lowest BCUT2D eigenvalue weighted by Crippen LogP contribution is -2.40. The Kier molecular flexibility index (Phi) is 5.97. The summed E-state index contributed by atoms with van der Waals surface area (Å²) in [5.41, 5.74) is 2.84. The van der Waals surface area contributed by atoms with E-state index in [0.717, 1.165) is 42.6 Å². The van der Waals surface area contributed by atoms with Gasteiger partial charge in [-0.25, -0.2) is 8.42 Å². The summed E-state index contributed by atoms with van der Waals surface area (Å²) in [5.74, 6) is 0.00382. The number of hydrogen-bond acceptors (Lipinski definition) is 4. The molecular formula is C21H26N2O3S. The molecule has 6 heteroatoms. The highest BCUT2D eigenvalue weighted by molar-refractivity contribution is 7.90. The average Bonchev–Trinajstić information content (AvgIpc) is 2.67. The average molecular weight is 387 g/mol. The molecular weight excluding hydrogens is 360 g/mol. The van der Waals surface area contributed by atoms with Crippen LogP contribution in [0, 0.1) is 12.8 Å². The Hall–Kier alpha value is -2.18. The van der Waals surface area contributed by atoms with Gasteiger partial charge in [0.05, 0.1) is 10.9 Å². The molecule has 2 aromatic rings. The molecule has 0 radical (unpaired) electrons. The van der Waals surface area contributed by atoms with Crippen molar-refractivity contribution in [2.75, 3.05) is 19.3 Å². The van der Waals surface area contributed by atoms with E-state index in [9.17, 15) is 13.2 Å². The molecule has 3 rings (SSSR count). The van der Waals surface area contributed by atoms with Crippen LogP contribution in [0.15, 0.2) is 53.4 Å². The van der Waals surface area contributed by atoms with E-state index in [-0.39, 0.29) is 22.8 Å². The third-order valence-corrected chi connectivity index (χ3v) is 6.14. The van der Waals surface area contributed by atoms with E-state index in [1.54, 1.807) is 18.2 Å². The van der Waals surface area contributed by atoms with Crippen molar-refractivity contribution >= 4 is 15.7 Å². The minimum absolute atomic E-state index is 0.0164. The van der Waals surface area contributed by atoms with Crippen LogP contribution in [0.3, 0.4) is 0 Å². The van der Waals surface area contributed by atoms with E-state index >= 15 is 0 Å². The van der Waals surface area contributed by atoms with Crippen molar-refractivity contribution in [1.82, 2.24) is 10.6 Å². The van der Waals surface area contributed by atoms with Gasteiger partial charge in [-0.1, -0.05) is 42.0 Å². The Labute approximate surface area is 161 Å². The van der Waals surface area contributed by atoms with E-state index in [0.29, 0.717) is 0 Å². The van der Waals surface area contributed by atoms with Crippen molar-refractivity contribution < 1.29 is 13.2 Å². The summed E-state index contributed by atoms with van der Waals surface area (Å²) in [5, 5.41) is 6.43. The maximum absolute atomic E-state index is 12.8. The summed E-state index contributed by atoms with van der Waals surface area (Å²) in [4.78, 5) is 13.1. The fourth-order valence-electron chi connectivity index (χ4n) is 3.39. The molecule has 1 heterocycles. The molecule has 1 aliphatic heterocycles. The van der Waals surface area contributed by atoms with Gasteiger partial charge >= 0.3 is 0 Å². The summed E-state index contributed by atoms with van der Waals surface area (Å²) in [6.07, 6.45) is 2.83. The summed E-state index contributed by atoms with van der Waals surface area (Å²) in [7, 11) is -3.32. The van der Waals surface area contributed by atoms with Gasteiger partial charge in [-0.05, 0) is 56.1 Å². The lowest BCUT2D eigenvalue weighted by Gasteiger charge is -2.26. The van der Waals surface area contributed by atoms with Crippen molar-refractivity contribution in [2.45, 2.75) is 30.7 Å². The molecule has 1 saturated heterocycles. The molecule has 2 aromatic carbocycles. The van der Waals surface area contributed by atoms with Gasteiger partial charge < -0.3 is 10.6 Å². The lowest BCUT2D eigenvalue weighted by molar-refractivity contribution is -0.126. The molecule has 1 unspecified atom stereocenters. The lowest BCUT2D eigenvalue weighted by atomic mass is 9.94. The summed E-state index contributed by atoms with van der Waals surface area (Å²) < 4.78 is 23.9. The zero-order valence-corrected chi connectivity index (χ0v) is 16.6. The topological polar surface area (TPSA) is 75.3 Å². The minimum atomic E-state index is -3.32. The number of carbonyl (C=O) groups excluding carboxylic acids is 1. The second kappa shape index (κ2) is 8.23. The van der Waals surface area contributed by atoms with E-state index in [1.165, 1.54) is 6.26 Å². The van der Waals surface area contributed by atoms with Crippen molar-refractivity contribution in [2.24, 2.45) is 5.92 Å². The molecule has 27 heavy (non-hydrogen) atoms. The Balaban J connectivity index is 1.95. The largest absolute Gasteiger partial charge is 0.345 e. The van der Waals surface area contributed by atoms with Crippen LogP contribution in [0.2, 0.25) is 0 Å². The fraction of sp³-hybridized carbons (Fsp3) is 0.381. The SMILES string of the molecule is Cc1ccc(C(NC(=O)C2CCNCC2)c2cccc(S(C)(=O)=O)c2)cc1. The highest BCUT2D eigenvalue weighted by Crippen LogP contribution is 2.26. The molecule has 1 atom stereocenters. The Bertz CT molecular complexity index is 901. The third-order valence-electron chi connectivity index (χ3n) is 5.03. The number of carbonyl (C=O) groups is 1.